The van der Waals surface area contributed by atoms with Gasteiger partial charge in [-0.3, -0.25) is 4.79 Å². The summed E-state index contributed by atoms with van der Waals surface area (Å²) in [7, 11) is 0. The standard InChI is InChI=1S/C27H34O3/c1-15-11-12-20(17(3)16(15)2)18(4)23(25(29)30)19-13-21(26(5,6)7)24(28)22(14-19)27(8,9)10/h11-14,20,23,28H,1-4H2,5-10H3,(H,29,30). The molecule has 0 fully saturated rings. The number of carbonyl (C=O) groups is 1. The van der Waals surface area contributed by atoms with E-state index in [9.17, 15) is 15.0 Å². The van der Waals surface area contributed by atoms with Gasteiger partial charge in [-0.25, -0.2) is 0 Å². The van der Waals surface area contributed by atoms with E-state index in [0.29, 0.717) is 22.3 Å². The molecule has 2 unspecified atom stereocenters. The summed E-state index contributed by atoms with van der Waals surface area (Å²) in [6.45, 7) is 28.3. The van der Waals surface area contributed by atoms with Crippen LogP contribution in [0.4, 0.5) is 0 Å². The average molecular weight is 407 g/mol. The molecular formula is C27H34O3. The van der Waals surface area contributed by atoms with Crippen LogP contribution in [0, 0.1) is 5.92 Å². The molecule has 0 heterocycles. The molecule has 1 aliphatic carbocycles. The zero-order valence-electron chi connectivity index (χ0n) is 19.1. The van der Waals surface area contributed by atoms with E-state index in [1.54, 1.807) is 12.1 Å². The average Bonchev–Trinajstić information content (AvgIpc) is 2.58. The monoisotopic (exact) mass is 406 g/mol. The van der Waals surface area contributed by atoms with Crippen molar-refractivity contribution in [3.05, 3.63) is 89.6 Å². The van der Waals surface area contributed by atoms with Crippen molar-refractivity contribution in [1.29, 1.82) is 0 Å². The molecule has 0 amide bonds. The summed E-state index contributed by atoms with van der Waals surface area (Å²) in [5.41, 5.74) is 4.05. The molecule has 1 aromatic carbocycles. The van der Waals surface area contributed by atoms with Crippen LogP contribution < -0.4 is 0 Å². The molecule has 3 heteroatoms. The van der Waals surface area contributed by atoms with Gasteiger partial charge in [0.05, 0.1) is 0 Å². The number of aromatic hydroxyl groups is 1. The molecule has 30 heavy (non-hydrogen) atoms. The van der Waals surface area contributed by atoms with Crippen molar-refractivity contribution in [1.82, 2.24) is 0 Å². The first-order valence-electron chi connectivity index (χ1n) is 10.1. The van der Waals surface area contributed by atoms with Gasteiger partial charge in [0.1, 0.15) is 11.7 Å². The maximum absolute atomic E-state index is 12.4. The highest BCUT2D eigenvalue weighted by Gasteiger charge is 2.34. The molecule has 1 aromatic rings. The predicted molar refractivity (Wildman–Crippen MR) is 125 cm³/mol. The summed E-state index contributed by atoms with van der Waals surface area (Å²) in [6, 6.07) is 3.61. The van der Waals surface area contributed by atoms with Gasteiger partial charge in [-0.1, -0.05) is 92.1 Å². The first kappa shape index (κ1) is 23.5. The molecule has 2 atom stereocenters. The third-order valence-corrected chi connectivity index (χ3v) is 5.74. The van der Waals surface area contributed by atoms with E-state index < -0.39 is 11.9 Å². The lowest BCUT2D eigenvalue weighted by Crippen LogP contribution is -2.23. The molecular weight excluding hydrogens is 372 g/mol. The molecule has 2 N–H and O–H groups in total. The highest BCUT2D eigenvalue weighted by atomic mass is 16.4. The number of hydrogen-bond acceptors (Lipinski definition) is 2. The van der Waals surface area contributed by atoms with Crippen LogP contribution in [0.15, 0.2) is 72.9 Å². The second-order valence-corrected chi connectivity index (χ2v) is 10.2. The largest absolute Gasteiger partial charge is 0.507 e. The normalized spacial score (nSPS) is 18.5. The Morgan fingerprint density at radius 1 is 1.00 bits per heavy atom. The minimum atomic E-state index is -0.985. The zero-order chi connectivity index (χ0) is 23.2. The summed E-state index contributed by atoms with van der Waals surface area (Å²) in [5.74, 6) is -2.05. The number of rotatable bonds is 4. The van der Waals surface area contributed by atoms with Gasteiger partial charge in [-0.15, -0.1) is 0 Å². The smallest absolute Gasteiger partial charge is 0.315 e. The number of carboxylic acids is 1. The Morgan fingerprint density at radius 3 is 1.87 bits per heavy atom. The van der Waals surface area contributed by atoms with E-state index in [1.165, 1.54) is 0 Å². The minimum Gasteiger partial charge on any atom is -0.507 e. The topological polar surface area (TPSA) is 57.5 Å². The zero-order valence-corrected chi connectivity index (χ0v) is 19.1. The van der Waals surface area contributed by atoms with Crippen molar-refractivity contribution in [3.8, 4) is 5.75 Å². The third kappa shape index (κ3) is 4.35. The first-order valence-corrected chi connectivity index (χ1v) is 10.1. The molecule has 160 valence electrons. The van der Waals surface area contributed by atoms with Crippen LogP contribution in [-0.4, -0.2) is 16.2 Å². The number of benzene rings is 1. The van der Waals surface area contributed by atoms with E-state index in [4.69, 9.17) is 0 Å². The van der Waals surface area contributed by atoms with Crippen molar-refractivity contribution in [2.24, 2.45) is 5.92 Å². The van der Waals surface area contributed by atoms with Crippen LogP contribution in [0.1, 0.15) is 64.2 Å². The van der Waals surface area contributed by atoms with Crippen LogP contribution in [-0.2, 0) is 15.6 Å². The van der Waals surface area contributed by atoms with Gasteiger partial charge in [0.25, 0.3) is 0 Å². The molecule has 0 spiro atoms. The van der Waals surface area contributed by atoms with Crippen molar-refractivity contribution < 1.29 is 15.0 Å². The van der Waals surface area contributed by atoms with E-state index in [0.717, 1.165) is 16.7 Å². The summed E-state index contributed by atoms with van der Waals surface area (Å²) < 4.78 is 0. The molecule has 0 radical (unpaired) electrons. The Morgan fingerprint density at radius 2 is 1.47 bits per heavy atom. The fraction of sp³-hybridized carbons (Fsp3) is 0.370. The molecule has 2 rings (SSSR count). The van der Waals surface area contributed by atoms with Gasteiger partial charge >= 0.3 is 5.97 Å². The van der Waals surface area contributed by atoms with Gasteiger partial charge in [-0.05, 0) is 49.8 Å². The van der Waals surface area contributed by atoms with Gasteiger partial charge in [0.2, 0.25) is 0 Å². The summed E-state index contributed by atoms with van der Waals surface area (Å²) in [4.78, 5) is 12.4. The number of phenols is 1. The number of aliphatic carboxylic acids is 1. The fourth-order valence-corrected chi connectivity index (χ4v) is 3.83. The summed E-state index contributed by atoms with van der Waals surface area (Å²) >= 11 is 0. The molecule has 0 aromatic heterocycles. The van der Waals surface area contributed by atoms with Gasteiger partial charge < -0.3 is 10.2 Å². The lowest BCUT2D eigenvalue weighted by molar-refractivity contribution is -0.137. The van der Waals surface area contributed by atoms with Crippen molar-refractivity contribution in [2.75, 3.05) is 0 Å². The SMILES string of the molecule is C=C1C=CC(C(=C)C(C(=O)O)c2cc(C(C)(C)C)c(O)c(C(C)(C)C)c2)C(=C)C1=C. The first-order chi connectivity index (χ1) is 13.6. The number of carboxylic acid groups (broad SMARTS) is 1. The summed E-state index contributed by atoms with van der Waals surface area (Å²) in [5, 5.41) is 21.2. The Balaban J connectivity index is 2.71. The Hall–Kier alpha value is -2.81. The highest BCUT2D eigenvalue weighted by molar-refractivity contribution is 5.81. The van der Waals surface area contributed by atoms with Crippen molar-refractivity contribution in [3.63, 3.8) is 0 Å². The lowest BCUT2D eigenvalue weighted by atomic mass is 9.72. The van der Waals surface area contributed by atoms with E-state index in [-0.39, 0.29) is 22.5 Å². The predicted octanol–water partition coefficient (Wildman–Crippen LogP) is 6.57. The van der Waals surface area contributed by atoms with E-state index >= 15 is 0 Å². The molecule has 0 saturated heterocycles. The molecule has 0 aliphatic heterocycles. The van der Waals surface area contributed by atoms with Gasteiger partial charge in [0.15, 0.2) is 0 Å². The maximum atomic E-state index is 12.4. The Kier molecular flexibility index (Phi) is 6.09. The number of phenolic OH excluding ortho intramolecular Hbond substituents is 1. The van der Waals surface area contributed by atoms with Crippen molar-refractivity contribution >= 4 is 5.97 Å². The second-order valence-electron chi connectivity index (χ2n) is 10.2. The Bertz CT molecular complexity index is 939. The molecule has 1 aliphatic rings. The lowest BCUT2D eigenvalue weighted by Gasteiger charge is -2.31. The van der Waals surface area contributed by atoms with Gasteiger partial charge in [0, 0.05) is 5.92 Å². The number of hydrogen-bond donors (Lipinski definition) is 2. The van der Waals surface area contributed by atoms with Crippen LogP contribution in [0.25, 0.3) is 0 Å². The second kappa shape index (κ2) is 7.79. The Labute approximate surface area is 180 Å². The summed E-state index contributed by atoms with van der Waals surface area (Å²) in [6.07, 6.45) is 3.72. The number of allylic oxidation sites excluding steroid dienone is 5. The van der Waals surface area contributed by atoms with Crippen LogP contribution in [0.3, 0.4) is 0 Å². The maximum Gasteiger partial charge on any atom is 0.315 e. The van der Waals surface area contributed by atoms with Crippen LogP contribution >= 0.6 is 0 Å². The van der Waals surface area contributed by atoms with Gasteiger partial charge in [-0.2, -0.15) is 0 Å². The highest BCUT2D eigenvalue weighted by Crippen LogP contribution is 2.44. The quantitative estimate of drug-likeness (QED) is 0.556. The van der Waals surface area contributed by atoms with E-state index in [1.807, 2.05) is 53.7 Å². The fourth-order valence-electron chi connectivity index (χ4n) is 3.83. The third-order valence-electron chi connectivity index (χ3n) is 5.74. The molecule has 3 nitrogen and oxygen atoms in total. The van der Waals surface area contributed by atoms with Crippen LogP contribution in [0.2, 0.25) is 0 Å². The minimum absolute atomic E-state index is 0.222. The van der Waals surface area contributed by atoms with E-state index in [2.05, 4.69) is 26.3 Å². The van der Waals surface area contributed by atoms with Crippen LogP contribution in [0.5, 0.6) is 5.75 Å². The molecule has 0 saturated carbocycles. The van der Waals surface area contributed by atoms with Crippen molar-refractivity contribution in [2.45, 2.75) is 58.3 Å². The molecule has 0 bridgehead atoms.